The third kappa shape index (κ3) is 4.33. The van der Waals surface area contributed by atoms with E-state index in [1.807, 2.05) is 6.07 Å². The number of halogens is 1. The maximum absolute atomic E-state index is 13.2. The smallest absolute Gasteiger partial charge is 0.319 e. The molecule has 1 N–H and O–H groups in total. The van der Waals surface area contributed by atoms with E-state index in [1.165, 1.54) is 12.1 Å². The highest BCUT2D eigenvalue weighted by Gasteiger charge is 2.28. The second-order valence-electron chi connectivity index (χ2n) is 6.87. The molecule has 1 atom stereocenters. The molecule has 29 heavy (non-hydrogen) atoms. The minimum Gasteiger partial charge on any atom is -0.467 e. The zero-order valence-electron chi connectivity index (χ0n) is 15.7. The van der Waals surface area contributed by atoms with Crippen LogP contribution >= 0.6 is 11.3 Å². The summed E-state index contributed by atoms with van der Waals surface area (Å²) in [6, 6.07) is 9.57. The highest BCUT2D eigenvalue weighted by Crippen LogP contribution is 2.38. The zero-order chi connectivity index (χ0) is 20.2. The number of terminal acetylenes is 1. The molecule has 1 aromatic carbocycles. The van der Waals surface area contributed by atoms with E-state index in [1.54, 1.807) is 40.7 Å². The number of carbonyl (C=O) groups excluding carboxylic acids is 1. The van der Waals surface area contributed by atoms with Crippen LogP contribution in [0.4, 0.5) is 9.18 Å². The van der Waals surface area contributed by atoms with Crippen molar-refractivity contribution in [1.82, 2.24) is 15.2 Å². The van der Waals surface area contributed by atoms with Crippen LogP contribution in [0.1, 0.15) is 35.2 Å². The van der Waals surface area contributed by atoms with Crippen molar-refractivity contribution in [1.29, 1.82) is 0 Å². The zero-order valence-corrected chi connectivity index (χ0v) is 16.5. The number of benzene rings is 1. The molecule has 2 amide bonds. The van der Waals surface area contributed by atoms with Crippen molar-refractivity contribution in [3.8, 4) is 22.9 Å². The van der Waals surface area contributed by atoms with Crippen LogP contribution < -0.4 is 5.32 Å². The van der Waals surface area contributed by atoms with Crippen molar-refractivity contribution in [2.45, 2.75) is 31.8 Å². The van der Waals surface area contributed by atoms with Gasteiger partial charge in [-0.25, -0.2) is 14.2 Å². The molecule has 0 aliphatic heterocycles. The molecule has 2 heterocycles. The van der Waals surface area contributed by atoms with E-state index >= 15 is 0 Å². The summed E-state index contributed by atoms with van der Waals surface area (Å²) in [6.07, 6.45) is 9.68. The van der Waals surface area contributed by atoms with E-state index in [0.29, 0.717) is 12.3 Å². The highest BCUT2D eigenvalue weighted by molar-refractivity contribution is 7.15. The predicted molar refractivity (Wildman–Crippen MR) is 110 cm³/mol. The quantitative estimate of drug-likeness (QED) is 0.618. The van der Waals surface area contributed by atoms with Gasteiger partial charge in [0.1, 0.15) is 16.6 Å². The largest absolute Gasteiger partial charge is 0.467 e. The van der Waals surface area contributed by atoms with Crippen LogP contribution in [0.3, 0.4) is 0 Å². The van der Waals surface area contributed by atoms with Crippen molar-refractivity contribution in [3.05, 3.63) is 64.8 Å². The molecule has 1 aliphatic carbocycles. The van der Waals surface area contributed by atoms with Crippen LogP contribution in [0.5, 0.6) is 0 Å². The lowest BCUT2D eigenvalue weighted by atomic mass is 9.98. The first kappa shape index (κ1) is 19.2. The molecule has 0 bridgehead atoms. The van der Waals surface area contributed by atoms with Gasteiger partial charge < -0.3 is 14.6 Å². The molecule has 0 saturated carbocycles. The molecule has 3 aromatic rings. The lowest BCUT2D eigenvalue weighted by molar-refractivity contribution is 0.192. The Balaban J connectivity index is 1.52. The Morgan fingerprint density at radius 2 is 2.21 bits per heavy atom. The summed E-state index contributed by atoms with van der Waals surface area (Å²) in [5, 5.41) is 3.95. The lowest BCUT2D eigenvalue weighted by Gasteiger charge is -2.26. The number of carbonyl (C=O) groups is 1. The number of urea groups is 1. The van der Waals surface area contributed by atoms with Gasteiger partial charge >= 0.3 is 6.03 Å². The van der Waals surface area contributed by atoms with Gasteiger partial charge in [0.05, 0.1) is 36.0 Å². The number of furan rings is 1. The Hall–Kier alpha value is -3.11. The molecule has 7 heteroatoms. The third-order valence-corrected chi connectivity index (χ3v) is 6.10. The maximum Gasteiger partial charge on any atom is 0.319 e. The van der Waals surface area contributed by atoms with Gasteiger partial charge in [0.15, 0.2) is 0 Å². The molecule has 0 spiro atoms. The average Bonchev–Trinajstić information content (AvgIpc) is 3.38. The number of amides is 2. The second-order valence-corrected chi connectivity index (χ2v) is 7.90. The first-order valence-corrected chi connectivity index (χ1v) is 10.2. The van der Waals surface area contributed by atoms with Crippen LogP contribution in [0.25, 0.3) is 10.6 Å². The van der Waals surface area contributed by atoms with Crippen molar-refractivity contribution >= 4 is 17.4 Å². The number of aryl methyl sites for hydroxylation is 1. The van der Waals surface area contributed by atoms with Crippen molar-refractivity contribution < 1.29 is 13.6 Å². The van der Waals surface area contributed by atoms with E-state index < -0.39 is 0 Å². The Bertz CT molecular complexity index is 1020. The summed E-state index contributed by atoms with van der Waals surface area (Å²) in [4.78, 5) is 20.2. The van der Waals surface area contributed by atoms with Crippen LogP contribution in [0, 0.1) is 18.2 Å². The second kappa shape index (κ2) is 8.50. The molecule has 5 nitrogen and oxygen atoms in total. The Kier molecular flexibility index (Phi) is 5.63. The number of rotatable bonds is 5. The number of hydrogen-bond donors (Lipinski definition) is 1. The Morgan fingerprint density at radius 1 is 1.38 bits per heavy atom. The van der Waals surface area contributed by atoms with Gasteiger partial charge in [0.2, 0.25) is 0 Å². The maximum atomic E-state index is 13.2. The van der Waals surface area contributed by atoms with Gasteiger partial charge in [-0.05, 0) is 55.7 Å². The number of fused-ring (bicyclic) bond motifs is 1. The van der Waals surface area contributed by atoms with Gasteiger partial charge in [-0.15, -0.1) is 17.8 Å². The average molecular weight is 409 g/mol. The first-order chi connectivity index (χ1) is 14.1. The molecule has 0 radical (unpaired) electrons. The monoisotopic (exact) mass is 409 g/mol. The third-order valence-electron chi connectivity index (χ3n) is 4.84. The number of hydrogen-bond acceptors (Lipinski definition) is 4. The van der Waals surface area contributed by atoms with Crippen LogP contribution in [0.15, 0.2) is 47.1 Å². The standard InChI is InChI=1S/C22H20FN3O2S/c1-2-12-26(14-17-5-4-13-28-17)22(27)25-19-7-3-6-18-20(19)29-21(24-18)15-8-10-16(23)11-9-15/h1,4-5,8-11,13,19H,3,6-7,12,14H2,(H,25,27)/t19-/m1/s1. The van der Waals surface area contributed by atoms with Crippen molar-refractivity contribution in [3.63, 3.8) is 0 Å². The fraction of sp³-hybridized carbons (Fsp3) is 0.273. The summed E-state index contributed by atoms with van der Waals surface area (Å²) in [7, 11) is 0. The van der Waals surface area contributed by atoms with Crippen LogP contribution in [-0.4, -0.2) is 22.5 Å². The number of nitrogens with one attached hydrogen (secondary N) is 1. The van der Waals surface area contributed by atoms with Gasteiger partial charge in [-0.3, -0.25) is 0 Å². The summed E-state index contributed by atoms with van der Waals surface area (Å²) in [5.41, 5.74) is 1.88. The fourth-order valence-corrected chi connectivity index (χ4v) is 4.62. The van der Waals surface area contributed by atoms with Crippen molar-refractivity contribution in [2.75, 3.05) is 6.54 Å². The summed E-state index contributed by atoms with van der Waals surface area (Å²) >= 11 is 1.55. The minimum atomic E-state index is -0.273. The topological polar surface area (TPSA) is 58.4 Å². The molecule has 2 aromatic heterocycles. The van der Waals surface area contributed by atoms with Crippen molar-refractivity contribution in [2.24, 2.45) is 0 Å². The van der Waals surface area contributed by atoms with E-state index in [4.69, 9.17) is 15.8 Å². The molecule has 148 valence electrons. The van der Waals surface area contributed by atoms with Crippen LogP contribution in [-0.2, 0) is 13.0 Å². The van der Waals surface area contributed by atoms with Gasteiger partial charge in [0, 0.05) is 5.56 Å². The summed E-state index contributed by atoms with van der Waals surface area (Å²) in [6.45, 7) is 0.502. The summed E-state index contributed by atoms with van der Waals surface area (Å²) in [5.74, 6) is 2.93. The molecule has 0 saturated heterocycles. The molecule has 0 unspecified atom stereocenters. The van der Waals surface area contributed by atoms with E-state index in [9.17, 15) is 9.18 Å². The molecule has 1 aliphatic rings. The molecule has 0 fully saturated rings. The lowest BCUT2D eigenvalue weighted by Crippen LogP contribution is -2.42. The van der Waals surface area contributed by atoms with E-state index in [2.05, 4.69) is 11.2 Å². The number of nitrogens with zero attached hydrogens (tertiary/aromatic N) is 2. The first-order valence-electron chi connectivity index (χ1n) is 9.41. The highest BCUT2D eigenvalue weighted by atomic mass is 32.1. The Labute approximate surface area is 172 Å². The molecular weight excluding hydrogens is 389 g/mol. The minimum absolute atomic E-state index is 0.116. The Morgan fingerprint density at radius 3 is 2.93 bits per heavy atom. The molecular formula is C22H20FN3O2S. The summed E-state index contributed by atoms with van der Waals surface area (Å²) < 4.78 is 18.6. The van der Waals surface area contributed by atoms with Gasteiger partial charge in [-0.2, -0.15) is 0 Å². The molecule has 4 rings (SSSR count). The fourth-order valence-electron chi connectivity index (χ4n) is 3.41. The van der Waals surface area contributed by atoms with Gasteiger partial charge in [-0.1, -0.05) is 5.92 Å². The number of thiazole rings is 1. The number of aromatic nitrogens is 1. The predicted octanol–water partition coefficient (Wildman–Crippen LogP) is 4.76. The normalized spacial score (nSPS) is 15.4. The van der Waals surface area contributed by atoms with E-state index in [0.717, 1.165) is 40.4 Å². The van der Waals surface area contributed by atoms with Crippen LogP contribution in [0.2, 0.25) is 0 Å². The van der Waals surface area contributed by atoms with E-state index in [-0.39, 0.29) is 24.4 Å². The van der Waals surface area contributed by atoms with Gasteiger partial charge in [0.25, 0.3) is 0 Å². The SMILES string of the molecule is C#CCN(Cc1ccco1)C(=O)N[C@@H]1CCCc2nc(-c3ccc(F)cc3)sc21.